The zero-order valence-corrected chi connectivity index (χ0v) is 11.2. The molecule has 0 radical (unpaired) electrons. The molecule has 0 unspecified atom stereocenters. The van der Waals surface area contributed by atoms with Crippen molar-refractivity contribution in [3.8, 4) is 0 Å². The molecule has 0 atom stereocenters. The Kier molecular flexibility index (Phi) is 5.51. The van der Waals surface area contributed by atoms with Gasteiger partial charge in [0.1, 0.15) is 0 Å². The van der Waals surface area contributed by atoms with E-state index < -0.39 is 0 Å². The molecule has 0 amide bonds. The fraction of sp³-hybridized carbons (Fsp3) is 0.200. The summed E-state index contributed by atoms with van der Waals surface area (Å²) in [5.74, 6) is 0. The molecule has 0 saturated heterocycles. The first-order chi connectivity index (χ1) is 5.27. The van der Waals surface area contributed by atoms with E-state index in [1.807, 2.05) is 0 Å². The molecule has 1 aliphatic rings. The third kappa shape index (κ3) is 2.68. The summed E-state index contributed by atoms with van der Waals surface area (Å²) in [6.07, 6.45) is 3.48. The van der Waals surface area contributed by atoms with Gasteiger partial charge in [-0.1, -0.05) is 0 Å². The van der Waals surface area contributed by atoms with Gasteiger partial charge in [0.15, 0.2) is 0 Å². The van der Waals surface area contributed by atoms with Crippen LogP contribution in [0.15, 0.2) is 23.8 Å². The smallest absolute Gasteiger partial charge is 1.00 e. The van der Waals surface area contributed by atoms with Crippen LogP contribution in [0.5, 0.6) is 0 Å². The van der Waals surface area contributed by atoms with Crippen LogP contribution < -0.4 is 28.1 Å². The summed E-state index contributed by atoms with van der Waals surface area (Å²) in [5.41, 5.74) is 4.50. The van der Waals surface area contributed by atoms with E-state index in [0.29, 0.717) is 0 Å². The number of halogens is 2. The van der Waals surface area contributed by atoms with Crippen molar-refractivity contribution in [1.29, 1.82) is 0 Å². The van der Waals surface area contributed by atoms with E-state index in [4.69, 9.17) is 0 Å². The molecule has 2 rings (SSSR count). The molecular weight excluding hydrogens is 282 g/mol. The Hall–Kier alpha value is 0.423. The predicted molar refractivity (Wildman–Crippen MR) is 43.4 cm³/mol. The van der Waals surface area contributed by atoms with Crippen LogP contribution in [0.4, 0.5) is 0 Å². The van der Waals surface area contributed by atoms with E-state index in [2.05, 4.69) is 31.2 Å². The molecule has 0 N–H and O–H groups in total. The van der Waals surface area contributed by atoms with Crippen molar-refractivity contribution < 1.29 is 49.5 Å². The zero-order valence-electron chi connectivity index (χ0n) is 7.27. The SMILES string of the molecule is CC1=Cc2[c]([Zr+2])cccc2C1.[Cl-].[Cl-]. The first-order valence-electron chi connectivity index (χ1n) is 3.78. The minimum atomic E-state index is 0. The van der Waals surface area contributed by atoms with Crippen LogP contribution in [-0.2, 0) is 31.1 Å². The van der Waals surface area contributed by atoms with Crippen molar-refractivity contribution in [2.45, 2.75) is 13.3 Å². The van der Waals surface area contributed by atoms with Gasteiger partial charge in [0.05, 0.1) is 0 Å². The molecule has 0 spiro atoms. The molecule has 0 saturated carbocycles. The molecule has 0 aliphatic heterocycles. The molecule has 1 aromatic carbocycles. The maximum absolute atomic E-state index is 2.32. The Balaban J connectivity index is 0.000000720. The van der Waals surface area contributed by atoms with Crippen LogP contribution in [0, 0.1) is 0 Å². The molecule has 67 valence electrons. The largest absolute Gasteiger partial charge is 1.00 e. The predicted octanol–water partition coefficient (Wildman–Crippen LogP) is -4.17. The first kappa shape index (κ1) is 13.4. The van der Waals surface area contributed by atoms with Crippen molar-refractivity contribution in [3.05, 3.63) is 34.9 Å². The van der Waals surface area contributed by atoms with Gasteiger partial charge in [-0.2, -0.15) is 0 Å². The van der Waals surface area contributed by atoms with Crippen molar-refractivity contribution >= 4 is 9.35 Å². The maximum Gasteiger partial charge on any atom is -1.00 e. The van der Waals surface area contributed by atoms with E-state index in [9.17, 15) is 0 Å². The summed E-state index contributed by atoms with van der Waals surface area (Å²) in [6, 6.07) is 6.61. The van der Waals surface area contributed by atoms with E-state index in [1.165, 1.54) is 44.7 Å². The molecular formula is C10H9Cl2Zr. The van der Waals surface area contributed by atoms with Crippen LogP contribution in [0.2, 0.25) is 0 Å². The Morgan fingerprint density at radius 2 is 1.92 bits per heavy atom. The summed E-state index contributed by atoms with van der Waals surface area (Å²) >= 11 is 1.52. The van der Waals surface area contributed by atoms with Crippen LogP contribution in [0.3, 0.4) is 0 Å². The van der Waals surface area contributed by atoms with E-state index in [-0.39, 0.29) is 24.8 Å². The number of allylic oxidation sites excluding steroid dienone is 1. The third-order valence-electron chi connectivity index (χ3n) is 2.06. The Labute approximate surface area is 106 Å². The second-order valence-corrected chi connectivity index (χ2v) is 4.37. The molecule has 1 aromatic rings. The fourth-order valence-corrected chi connectivity index (χ4v) is 2.34. The molecule has 13 heavy (non-hydrogen) atoms. The topological polar surface area (TPSA) is 0 Å². The van der Waals surface area contributed by atoms with Gasteiger partial charge < -0.3 is 24.8 Å². The van der Waals surface area contributed by atoms with Gasteiger partial charge in [-0.15, -0.1) is 0 Å². The van der Waals surface area contributed by atoms with Crippen molar-refractivity contribution in [1.82, 2.24) is 0 Å². The van der Waals surface area contributed by atoms with Gasteiger partial charge in [-0.25, -0.2) is 0 Å². The van der Waals surface area contributed by atoms with Gasteiger partial charge in [0.25, 0.3) is 0 Å². The number of hydrogen-bond donors (Lipinski definition) is 0. The van der Waals surface area contributed by atoms with E-state index in [1.54, 1.807) is 0 Å². The number of benzene rings is 1. The van der Waals surface area contributed by atoms with Gasteiger partial charge in [-0.3, -0.25) is 0 Å². The second kappa shape index (κ2) is 5.34. The molecule has 0 nitrogen and oxygen atoms in total. The van der Waals surface area contributed by atoms with Crippen molar-refractivity contribution in [2.75, 3.05) is 0 Å². The van der Waals surface area contributed by atoms with Gasteiger partial charge in [-0.05, 0) is 0 Å². The fourth-order valence-electron chi connectivity index (χ4n) is 1.54. The minimum Gasteiger partial charge on any atom is -1.00 e. The molecule has 0 heterocycles. The Morgan fingerprint density at radius 1 is 1.23 bits per heavy atom. The normalized spacial score (nSPS) is 12.4. The summed E-state index contributed by atoms with van der Waals surface area (Å²) in [5, 5.41) is 0. The minimum absolute atomic E-state index is 0. The average Bonchev–Trinajstić information content (AvgIpc) is 2.31. The zero-order chi connectivity index (χ0) is 7.84. The quantitative estimate of drug-likeness (QED) is 0.455. The summed E-state index contributed by atoms with van der Waals surface area (Å²) in [4.78, 5) is 0. The number of fused-ring (bicyclic) bond motifs is 1. The van der Waals surface area contributed by atoms with Crippen LogP contribution in [-0.4, -0.2) is 0 Å². The average molecular weight is 291 g/mol. The number of hydrogen-bond acceptors (Lipinski definition) is 0. The maximum atomic E-state index is 2.32. The molecule has 0 aromatic heterocycles. The van der Waals surface area contributed by atoms with Gasteiger partial charge >= 0.3 is 82.3 Å². The Bertz CT molecular complexity index is 332. The summed E-state index contributed by atoms with van der Waals surface area (Å²) < 4.78 is 1.49. The second-order valence-electron chi connectivity index (χ2n) is 3.05. The molecule has 0 bridgehead atoms. The standard InChI is InChI=1S/C10H9.2ClH.Zr/c1-8-6-9-4-2-3-5-10(9)7-8;;;/h2-4,7H,6H2,1H3;2*1H;/q;;;+2/p-2. The van der Waals surface area contributed by atoms with Crippen LogP contribution in [0.25, 0.3) is 6.08 Å². The van der Waals surface area contributed by atoms with Crippen LogP contribution >= 0.6 is 0 Å². The Morgan fingerprint density at radius 3 is 2.54 bits per heavy atom. The van der Waals surface area contributed by atoms with E-state index >= 15 is 0 Å². The number of rotatable bonds is 0. The molecule has 0 fully saturated rings. The van der Waals surface area contributed by atoms with Gasteiger partial charge in [0.2, 0.25) is 0 Å². The summed E-state index contributed by atoms with van der Waals surface area (Å²) in [6.45, 7) is 2.20. The van der Waals surface area contributed by atoms with Crippen LogP contribution in [0.1, 0.15) is 18.1 Å². The monoisotopic (exact) mass is 289 g/mol. The third-order valence-corrected chi connectivity index (χ3v) is 3.13. The molecule has 3 heteroatoms. The first-order valence-corrected chi connectivity index (χ1v) is 5.01. The van der Waals surface area contributed by atoms with Crippen molar-refractivity contribution in [2.24, 2.45) is 0 Å². The molecule has 1 aliphatic carbocycles. The van der Waals surface area contributed by atoms with E-state index in [0.717, 1.165) is 6.42 Å². The summed E-state index contributed by atoms with van der Waals surface area (Å²) in [7, 11) is 0. The van der Waals surface area contributed by atoms with Gasteiger partial charge in [0, 0.05) is 0 Å². The van der Waals surface area contributed by atoms with Crippen molar-refractivity contribution in [3.63, 3.8) is 0 Å².